The third-order valence-electron chi connectivity index (χ3n) is 5.32. The summed E-state index contributed by atoms with van der Waals surface area (Å²) >= 11 is 0. The van der Waals surface area contributed by atoms with E-state index in [9.17, 15) is 18.4 Å². The van der Waals surface area contributed by atoms with Gasteiger partial charge in [0.05, 0.1) is 11.3 Å². The SMILES string of the molecule is O=C(NC1CN2CCC1CC2)c1ccc(=O)n(-c2ccc(F)cc2F)c1. The third-order valence-corrected chi connectivity index (χ3v) is 5.32. The summed E-state index contributed by atoms with van der Waals surface area (Å²) < 4.78 is 28.2. The fourth-order valence-corrected chi connectivity index (χ4v) is 3.87. The predicted octanol–water partition coefficient (Wildman–Crippen LogP) is 1.94. The summed E-state index contributed by atoms with van der Waals surface area (Å²) in [7, 11) is 0. The minimum Gasteiger partial charge on any atom is -0.348 e. The van der Waals surface area contributed by atoms with Gasteiger partial charge in [0.25, 0.3) is 11.5 Å². The summed E-state index contributed by atoms with van der Waals surface area (Å²) in [6.45, 7) is 2.99. The number of fused-ring (bicyclic) bond motifs is 3. The number of nitrogens with zero attached hydrogens (tertiary/aromatic N) is 2. The highest BCUT2D eigenvalue weighted by atomic mass is 19.1. The van der Waals surface area contributed by atoms with Crippen LogP contribution in [-0.4, -0.2) is 41.1 Å². The topological polar surface area (TPSA) is 54.3 Å². The molecule has 0 spiro atoms. The predicted molar refractivity (Wildman–Crippen MR) is 92.4 cm³/mol. The number of carbonyl (C=O) groups excluding carboxylic acids is 1. The van der Waals surface area contributed by atoms with E-state index in [0.717, 1.165) is 43.1 Å². The second-order valence-corrected chi connectivity index (χ2v) is 6.94. The highest BCUT2D eigenvalue weighted by Crippen LogP contribution is 2.27. The molecule has 3 aliphatic rings. The van der Waals surface area contributed by atoms with E-state index in [1.165, 1.54) is 24.4 Å². The first-order valence-corrected chi connectivity index (χ1v) is 8.72. The summed E-state index contributed by atoms with van der Waals surface area (Å²) in [4.78, 5) is 27.0. The molecular formula is C19H19F2N3O2. The Labute approximate surface area is 149 Å². The lowest BCUT2D eigenvalue weighted by atomic mass is 9.84. The maximum atomic E-state index is 14.0. The van der Waals surface area contributed by atoms with Gasteiger partial charge in [-0.1, -0.05) is 0 Å². The van der Waals surface area contributed by atoms with E-state index in [-0.39, 0.29) is 23.2 Å². The largest absolute Gasteiger partial charge is 0.348 e. The molecule has 136 valence electrons. The Kier molecular flexibility index (Phi) is 4.32. The molecule has 5 rings (SSSR count). The van der Waals surface area contributed by atoms with Crippen molar-refractivity contribution in [3.63, 3.8) is 0 Å². The lowest BCUT2D eigenvalue weighted by Gasteiger charge is -2.44. The Bertz CT molecular complexity index is 904. The third kappa shape index (κ3) is 3.14. The van der Waals surface area contributed by atoms with E-state index in [1.54, 1.807) is 0 Å². The Morgan fingerprint density at radius 2 is 1.88 bits per heavy atom. The molecule has 1 unspecified atom stereocenters. The number of aromatic nitrogens is 1. The normalized spacial score (nSPS) is 24.5. The van der Waals surface area contributed by atoms with Crippen LogP contribution in [0, 0.1) is 17.6 Å². The van der Waals surface area contributed by atoms with Gasteiger partial charge in [-0.25, -0.2) is 8.78 Å². The molecule has 2 aromatic rings. The van der Waals surface area contributed by atoms with E-state index in [0.29, 0.717) is 12.0 Å². The standard InChI is InChI=1S/C19H19F2N3O2/c20-14-2-3-17(15(21)9-14)24-10-13(1-4-18(24)25)19(26)22-16-11-23-7-5-12(16)6-8-23/h1-4,9-10,12,16H,5-8,11H2,(H,22,26). The molecular weight excluding hydrogens is 340 g/mol. The van der Waals surface area contributed by atoms with Crippen LogP contribution < -0.4 is 10.9 Å². The van der Waals surface area contributed by atoms with Gasteiger partial charge < -0.3 is 10.2 Å². The molecule has 1 aromatic heterocycles. The van der Waals surface area contributed by atoms with E-state index in [2.05, 4.69) is 10.2 Å². The number of rotatable bonds is 3. The zero-order valence-corrected chi connectivity index (χ0v) is 14.1. The number of amides is 1. The number of piperidine rings is 3. The number of pyridine rings is 1. The smallest absolute Gasteiger partial charge is 0.255 e. The van der Waals surface area contributed by atoms with Crippen LogP contribution in [0.3, 0.4) is 0 Å². The molecule has 3 aliphatic heterocycles. The van der Waals surface area contributed by atoms with Crippen LogP contribution in [0.1, 0.15) is 23.2 Å². The Hall–Kier alpha value is -2.54. The average Bonchev–Trinajstić information content (AvgIpc) is 2.63. The quantitative estimate of drug-likeness (QED) is 0.911. The zero-order chi connectivity index (χ0) is 18.3. The van der Waals surface area contributed by atoms with Crippen LogP contribution in [0.15, 0.2) is 41.3 Å². The summed E-state index contributed by atoms with van der Waals surface area (Å²) in [6, 6.07) is 5.70. The van der Waals surface area contributed by atoms with Crippen LogP contribution in [0.25, 0.3) is 5.69 Å². The number of carbonyl (C=O) groups is 1. The molecule has 1 aromatic carbocycles. The molecule has 7 heteroatoms. The van der Waals surface area contributed by atoms with Gasteiger partial charge in [0.15, 0.2) is 0 Å². The molecule has 26 heavy (non-hydrogen) atoms. The summed E-state index contributed by atoms with van der Waals surface area (Å²) in [5.74, 6) is -1.40. The number of halogens is 2. The van der Waals surface area contributed by atoms with Crippen molar-refractivity contribution in [2.75, 3.05) is 19.6 Å². The van der Waals surface area contributed by atoms with E-state index in [1.807, 2.05) is 0 Å². The highest BCUT2D eigenvalue weighted by molar-refractivity contribution is 5.94. The van der Waals surface area contributed by atoms with Crippen LogP contribution in [-0.2, 0) is 0 Å². The maximum Gasteiger partial charge on any atom is 0.255 e. The van der Waals surface area contributed by atoms with E-state index >= 15 is 0 Å². The molecule has 3 fully saturated rings. The summed E-state index contributed by atoms with van der Waals surface area (Å²) in [5, 5.41) is 3.04. The van der Waals surface area contributed by atoms with Crippen LogP contribution in [0.4, 0.5) is 8.78 Å². The number of nitrogens with one attached hydrogen (secondary N) is 1. The first kappa shape index (κ1) is 16.9. The minimum atomic E-state index is -0.859. The van der Waals surface area contributed by atoms with Gasteiger partial charge in [-0.05, 0) is 50.0 Å². The molecule has 4 heterocycles. The van der Waals surface area contributed by atoms with Crippen LogP contribution >= 0.6 is 0 Å². The average molecular weight is 359 g/mol. The van der Waals surface area contributed by atoms with Crippen molar-refractivity contribution >= 4 is 5.91 Å². The van der Waals surface area contributed by atoms with Crippen molar-refractivity contribution in [2.24, 2.45) is 5.92 Å². The van der Waals surface area contributed by atoms with Gasteiger partial charge >= 0.3 is 0 Å². The number of hydrogen-bond acceptors (Lipinski definition) is 3. The molecule has 1 atom stereocenters. The first-order chi connectivity index (χ1) is 12.5. The Balaban J connectivity index is 1.59. The van der Waals surface area contributed by atoms with Gasteiger partial charge in [0.1, 0.15) is 11.6 Å². The van der Waals surface area contributed by atoms with Gasteiger partial charge in [-0.3, -0.25) is 14.2 Å². The highest BCUT2D eigenvalue weighted by Gasteiger charge is 2.35. The zero-order valence-electron chi connectivity index (χ0n) is 14.1. The molecule has 1 N–H and O–H groups in total. The molecule has 0 saturated carbocycles. The van der Waals surface area contributed by atoms with Crippen LogP contribution in [0.2, 0.25) is 0 Å². The first-order valence-electron chi connectivity index (χ1n) is 8.72. The molecule has 3 saturated heterocycles. The molecule has 0 radical (unpaired) electrons. The van der Waals surface area contributed by atoms with Gasteiger partial charge in [0.2, 0.25) is 0 Å². The maximum absolute atomic E-state index is 14.0. The van der Waals surface area contributed by atoms with Crippen molar-refractivity contribution in [3.05, 3.63) is 64.1 Å². The van der Waals surface area contributed by atoms with Crippen molar-refractivity contribution in [3.8, 4) is 5.69 Å². The van der Waals surface area contributed by atoms with Crippen LogP contribution in [0.5, 0.6) is 0 Å². The lowest BCUT2D eigenvalue weighted by molar-refractivity contribution is 0.0620. The second-order valence-electron chi connectivity index (χ2n) is 6.94. The lowest BCUT2D eigenvalue weighted by Crippen LogP contribution is -2.57. The Morgan fingerprint density at radius 3 is 2.54 bits per heavy atom. The van der Waals surface area contributed by atoms with Gasteiger partial charge in [0, 0.05) is 30.9 Å². The number of benzene rings is 1. The fraction of sp³-hybridized carbons (Fsp3) is 0.368. The fourth-order valence-electron chi connectivity index (χ4n) is 3.87. The summed E-state index contributed by atoms with van der Waals surface area (Å²) in [5.41, 5.74) is -0.312. The van der Waals surface area contributed by atoms with E-state index < -0.39 is 17.2 Å². The summed E-state index contributed by atoms with van der Waals surface area (Å²) in [6.07, 6.45) is 3.45. The van der Waals surface area contributed by atoms with E-state index in [4.69, 9.17) is 0 Å². The second kappa shape index (κ2) is 6.64. The molecule has 2 bridgehead atoms. The molecule has 1 amide bonds. The van der Waals surface area contributed by atoms with Crippen molar-refractivity contribution < 1.29 is 13.6 Å². The Morgan fingerprint density at radius 1 is 1.12 bits per heavy atom. The van der Waals surface area contributed by atoms with Gasteiger partial charge in [-0.15, -0.1) is 0 Å². The van der Waals surface area contributed by atoms with Crippen molar-refractivity contribution in [1.82, 2.24) is 14.8 Å². The molecule has 0 aliphatic carbocycles. The molecule has 5 nitrogen and oxygen atoms in total. The van der Waals surface area contributed by atoms with Gasteiger partial charge in [-0.2, -0.15) is 0 Å². The monoisotopic (exact) mass is 359 g/mol. The number of hydrogen-bond donors (Lipinski definition) is 1. The minimum absolute atomic E-state index is 0.0890. The van der Waals surface area contributed by atoms with Crippen molar-refractivity contribution in [2.45, 2.75) is 18.9 Å². The van der Waals surface area contributed by atoms with Crippen molar-refractivity contribution in [1.29, 1.82) is 0 Å².